The summed E-state index contributed by atoms with van der Waals surface area (Å²) in [6.07, 6.45) is 3.66. The normalized spacial score (nSPS) is 10.9. The fourth-order valence-electron chi connectivity index (χ4n) is 2.75. The molecule has 0 aliphatic rings. The molecule has 0 N–H and O–H groups in total. The maximum atomic E-state index is 6.04. The third-order valence-electron chi connectivity index (χ3n) is 4.09. The third-order valence-corrected chi connectivity index (χ3v) is 5.38. The molecule has 2 aromatic heterocycles. The minimum atomic E-state index is 0.707. The number of rotatable bonds is 6. The predicted octanol–water partition coefficient (Wildman–Crippen LogP) is 5.33. The van der Waals surface area contributed by atoms with Crippen molar-refractivity contribution in [2.75, 3.05) is 0 Å². The largest absolute Gasteiger partial charge is 0.298 e. The van der Waals surface area contributed by atoms with E-state index in [9.17, 15) is 0 Å². The molecule has 0 bridgehead atoms. The van der Waals surface area contributed by atoms with Gasteiger partial charge in [0.1, 0.15) is 0 Å². The second-order valence-corrected chi connectivity index (χ2v) is 7.41. The van der Waals surface area contributed by atoms with Crippen molar-refractivity contribution in [3.05, 3.63) is 95.3 Å². The van der Waals surface area contributed by atoms with Crippen molar-refractivity contribution in [3.63, 3.8) is 0 Å². The molecule has 0 saturated carbocycles. The van der Waals surface area contributed by atoms with E-state index in [1.165, 1.54) is 5.56 Å². The first kappa shape index (κ1) is 17.8. The number of hydrogen-bond acceptors (Lipinski definition) is 4. The maximum absolute atomic E-state index is 6.04. The average Bonchev–Trinajstić information content (AvgIpc) is 3.11. The summed E-state index contributed by atoms with van der Waals surface area (Å²) in [5, 5.41) is 10.5. The molecule has 4 rings (SSSR count). The molecule has 0 fully saturated rings. The van der Waals surface area contributed by atoms with Gasteiger partial charge in [-0.2, -0.15) is 0 Å². The van der Waals surface area contributed by atoms with Gasteiger partial charge >= 0.3 is 0 Å². The minimum absolute atomic E-state index is 0.707. The smallest absolute Gasteiger partial charge is 0.192 e. The fourth-order valence-corrected chi connectivity index (χ4v) is 3.75. The van der Waals surface area contributed by atoms with Crippen molar-refractivity contribution in [1.82, 2.24) is 19.7 Å². The molecular weight excluding hydrogens is 376 g/mol. The molecule has 134 valence electrons. The van der Waals surface area contributed by atoms with Crippen LogP contribution in [0.3, 0.4) is 0 Å². The molecule has 0 aliphatic carbocycles. The van der Waals surface area contributed by atoms with Gasteiger partial charge in [-0.15, -0.1) is 10.2 Å². The lowest BCUT2D eigenvalue weighted by Gasteiger charge is -2.10. The van der Waals surface area contributed by atoms with E-state index in [-0.39, 0.29) is 0 Å². The van der Waals surface area contributed by atoms with Crippen molar-refractivity contribution in [2.45, 2.75) is 17.5 Å². The number of aromatic nitrogens is 4. The monoisotopic (exact) mass is 392 g/mol. The average molecular weight is 393 g/mol. The fraction of sp³-hybridized carbons (Fsp3) is 0.0952. The Balaban J connectivity index is 1.66. The van der Waals surface area contributed by atoms with Gasteiger partial charge in [-0.1, -0.05) is 59.8 Å². The van der Waals surface area contributed by atoms with Crippen molar-refractivity contribution >= 4 is 23.4 Å². The van der Waals surface area contributed by atoms with Gasteiger partial charge in [0.15, 0.2) is 11.0 Å². The van der Waals surface area contributed by atoms with Gasteiger partial charge in [-0.25, -0.2) is 0 Å². The highest BCUT2D eigenvalue weighted by atomic mass is 35.5. The van der Waals surface area contributed by atoms with Crippen molar-refractivity contribution < 1.29 is 0 Å². The number of halogens is 1. The van der Waals surface area contributed by atoms with Crippen LogP contribution in [-0.4, -0.2) is 19.7 Å². The lowest BCUT2D eigenvalue weighted by molar-refractivity contribution is 0.714. The summed E-state index contributed by atoms with van der Waals surface area (Å²) in [6, 6.07) is 22.1. The van der Waals surface area contributed by atoms with Crippen molar-refractivity contribution in [1.29, 1.82) is 0 Å². The zero-order chi connectivity index (χ0) is 18.5. The molecule has 0 amide bonds. The molecule has 0 spiro atoms. The Kier molecular flexibility index (Phi) is 5.51. The summed E-state index contributed by atoms with van der Waals surface area (Å²) >= 11 is 7.70. The van der Waals surface area contributed by atoms with Crippen LogP contribution in [0.5, 0.6) is 0 Å². The van der Waals surface area contributed by atoms with Gasteiger partial charge < -0.3 is 0 Å². The Hall–Kier alpha value is -2.63. The van der Waals surface area contributed by atoms with Crippen LogP contribution >= 0.6 is 23.4 Å². The van der Waals surface area contributed by atoms with Gasteiger partial charge in [0, 0.05) is 28.7 Å². The first-order chi connectivity index (χ1) is 13.3. The summed E-state index contributed by atoms with van der Waals surface area (Å²) in [5.41, 5.74) is 3.36. The number of pyridine rings is 1. The Morgan fingerprint density at radius 3 is 2.37 bits per heavy atom. The molecule has 4 aromatic rings. The highest BCUT2D eigenvalue weighted by molar-refractivity contribution is 7.98. The summed E-state index contributed by atoms with van der Waals surface area (Å²) in [5.74, 6) is 1.63. The molecule has 0 unspecified atom stereocenters. The summed E-state index contributed by atoms with van der Waals surface area (Å²) < 4.78 is 2.15. The van der Waals surface area contributed by atoms with E-state index in [1.807, 2.05) is 54.7 Å². The number of nitrogens with zero attached hydrogens (tertiary/aromatic N) is 4. The second kappa shape index (κ2) is 8.37. The van der Waals surface area contributed by atoms with Crippen molar-refractivity contribution in [2.24, 2.45) is 0 Å². The van der Waals surface area contributed by atoms with Gasteiger partial charge in [0.25, 0.3) is 0 Å². The quantitative estimate of drug-likeness (QED) is 0.416. The molecule has 27 heavy (non-hydrogen) atoms. The van der Waals surface area contributed by atoms with Gasteiger partial charge in [0.05, 0.1) is 6.54 Å². The van der Waals surface area contributed by atoms with E-state index in [1.54, 1.807) is 18.0 Å². The van der Waals surface area contributed by atoms with Crippen LogP contribution < -0.4 is 0 Å². The molecule has 2 heterocycles. The van der Waals surface area contributed by atoms with Crippen LogP contribution in [0.25, 0.3) is 11.4 Å². The third kappa shape index (κ3) is 4.38. The van der Waals surface area contributed by atoms with Crippen LogP contribution in [0.1, 0.15) is 11.1 Å². The van der Waals surface area contributed by atoms with Crippen LogP contribution in [0.2, 0.25) is 5.02 Å². The Labute approximate surface area is 167 Å². The predicted molar refractivity (Wildman–Crippen MR) is 110 cm³/mol. The van der Waals surface area contributed by atoms with Gasteiger partial charge in [-0.3, -0.25) is 9.55 Å². The van der Waals surface area contributed by atoms with Crippen LogP contribution in [0.4, 0.5) is 0 Å². The lowest BCUT2D eigenvalue weighted by atomic mass is 10.2. The molecule has 4 nitrogen and oxygen atoms in total. The molecule has 0 radical (unpaired) electrons. The molecule has 0 aliphatic heterocycles. The van der Waals surface area contributed by atoms with Crippen LogP contribution in [0, 0.1) is 0 Å². The molecular formula is C21H17ClN4S. The Morgan fingerprint density at radius 1 is 0.852 bits per heavy atom. The zero-order valence-corrected chi connectivity index (χ0v) is 16.1. The summed E-state index contributed by atoms with van der Waals surface area (Å²) in [7, 11) is 0. The maximum Gasteiger partial charge on any atom is 0.192 e. The van der Waals surface area contributed by atoms with E-state index in [0.29, 0.717) is 11.6 Å². The molecule has 2 aromatic carbocycles. The van der Waals surface area contributed by atoms with E-state index >= 15 is 0 Å². The van der Waals surface area contributed by atoms with Crippen LogP contribution in [0.15, 0.2) is 84.3 Å². The van der Waals surface area contributed by atoms with Gasteiger partial charge in [-0.05, 0) is 41.5 Å². The van der Waals surface area contributed by atoms with E-state index in [0.717, 1.165) is 27.9 Å². The highest BCUT2D eigenvalue weighted by Gasteiger charge is 2.15. The first-order valence-corrected chi connectivity index (χ1v) is 9.91. The van der Waals surface area contributed by atoms with E-state index < -0.39 is 0 Å². The number of hydrogen-bond donors (Lipinski definition) is 0. The number of thioether (sulfide) groups is 1. The molecule has 0 atom stereocenters. The SMILES string of the molecule is Clc1ccc(-c2nnc(SCc3cccnc3)n2Cc2ccccc2)cc1. The standard InChI is InChI=1S/C21H17ClN4S/c22-19-10-8-18(9-11-19)20-24-25-21(27-15-17-7-4-12-23-13-17)26(20)14-16-5-2-1-3-6-16/h1-13H,14-15H2. The number of benzene rings is 2. The van der Waals surface area contributed by atoms with Gasteiger partial charge in [0.2, 0.25) is 0 Å². The summed E-state index contributed by atoms with van der Waals surface area (Å²) in [6.45, 7) is 0.709. The lowest BCUT2D eigenvalue weighted by Crippen LogP contribution is -2.04. The van der Waals surface area contributed by atoms with Crippen LogP contribution in [-0.2, 0) is 12.3 Å². The van der Waals surface area contributed by atoms with Crippen molar-refractivity contribution in [3.8, 4) is 11.4 Å². The van der Waals surface area contributed by atoms with E-state index in [2.05, 4.69) is 37.9 Å². The zero-order valence-electron chi connectivity index (χ0n) is 14.5. The highest BCUT2D eigenvalue weighted by Crippen LogP contribution is 2.28. The molecule has 0 saturated heterocycles. The van der Waals surface area contributed by atoms with E-state index in [4.69, 9.17) is 11.6 Å². The molecule has 6 heteroatoms. The second-order valence-electron chi connectivity index (χ2n) is 6.03. The topological polar surface area (TPSA) is 43.6 Å². The Bertz CT molecular complexity index is 1000. The summed E-state index contributed by atoms with van der Waals surface area (Å²) in [4.78, 5) is 4.18. The first-order valence-electron chi connectivity index (χ1n) is 8.54. The Morgan fingerprint density at radius 2 is 1.63 bits per heavy atom. The minimum Gasteiger partial charge on any atom is -0.298 e.